The third-order valence-electron chi connectivity index (χ3n) is 11.2. The summed E-state index contributed by atoms with van der Waals surface area (Å²) < 4.78 is 0. The van der Waals surface area contributed by atoms with Crippen molar-refractivity contribution in [3.8, 4) is 0 Å². The van der Waals surface area contributed by atoms with Crippen molar-refractivity contribution in [1.29, 1.82) is 0 Å². The summed E-state index contributed by atoms with van der Waals surface area (Å²) in [5, 5.41) is 21.5. The van der Waals surface area contributed by atoms with Gasteiger partial charge in [-0.05, 0) is 117 Å². The maximum Gasteiger partial charge on any atom is 0.0959 e. The Morgan fingerprint density at radius 3 is 2.70 bits per heavy atom. The molecule has 2 N–H and O–H groups in total. The van der Waals surface area contributed by atoms with E-state index in [9.17, 15) is 10.2 Å². The van der Waals surface area contributed by atoms with Crippen LogP contribution in [-0.4, -0.2) is 20.8 Å². The van der Waals surface area contributed by atoms with Gasteiger partial charge in [0.25, 0.3) is 0 Å². The van der Waals surface area contributed by atoms with E-state index in [0.29, 0.717) is 10.8 Å². The van der Waals surface area contributed by atoms with Gasteiger partial charge in [0.2, 0.25) is 0 Å². The predicted molar refractivity (Wildman–Crippen MR) is 133 cm³/mol. The second-order valence-corrected chi connectivity index (χ2v) is 12.5. The fourth-order valence-corrected chi connectivity index (χ4v) is 8.88. The zero-order chi connectivity index (χ0) is 23.3. The summed E-state index contributed by atoms with van der Waals surface area (Å²) in [6, 6.07) is 5.82. The average molecular weight is 452 g/mol. The monoisotopic (exact) mass is 451 g/mol. The van der Waals surface area contributed by atoms with E-state index in [1.165, 1.54) is 44.9 Å². The van der Waals surface area contributed by atoms with Gasteiger partial charge in [-0.2, -0.15) is 0 Å². The Bertz CT molecular complexity index is 867. The summed E-state index contributed by atoms with van der Waals surface area (Å²) >= 11 is 0. The molecule has 0 saturated heterocycles. The number of aliphatic hydroxyl groups excluding tert-OH is 1. The molecule has 8 atom stereocenters. The fraction of sp³-hybridized carbons (Fsp3) is 0.767. The second kappa shape index (κ2) is 8.79. The van der Waals surface area contributed by atoms with Gasteiger partial charge in [0.1, 0.15) is 0 Å². The van der Waals surface area contributed by atoms with Gasteiger partial charge in [0, 0.05) is 6.20 Å². The van der Waals surface area contributed by atoms with E-state index in [2.05, 4.69) is 31.8 Å². The molecule has 0 unspecified atom stereocenters. The minimum Gasteiger partial charge on any atom is -0.390 e. The molecule has 1 heterocycles. The zero-order valence-electron chi connectivity index (χ0n) is 21.1. The molecule has 182 valence electrons. The Balaban J connectivity index is 1.25. The Morgan fingerprint density at radius 2 is 1.94 bits per heavy atom. The molecule has 5 rings (SSSR count). The van der Waals surface area contributed by atoms with E-state index in [1.54, 1.807) is 11.8 Å². The number of aromatic nitrogens is 1. The van der Waals surface area contributed by atoms with Gasteiger partial charge in [-0.3, -0.25) is 4.98 Å². The van der Waals surface area contributed by atoms with Gasteiger partial charge in [-0.15, -0.1) is 0 Å². The highest BCUT2D eigenvalue weighted by Gasteiger charge is 2.59. The quantitative estimate of drug-likeness (QED) is 0.458. The van der Waals surface area contributed by atoms with Gasteiger partial charge >= 0.3 is 0 Å². The third kappa shape index (κ3) is 4.01. The van der Waals surface area contributed by atoms with Gasteiger partial charge < -0.3 is 10.2 Å². The summed E-state index contributed by atoms with van der Waals surface area (Å²) in [6.45, 7) is 7.30. The van der Waals surface area contributed by atoms with Crippen LogP contribution in [-0.2, 0) is 0 Å². The van der Waals surface area contributed by atoms with Gasteiger partial charge in [0.15, 0.2) is 0 Å². The second-order valence-electron chi connectivity index (χ2n) is 12.5. The highest BCUT2D eigenvalue weighted by Crippen LogP contribution is 2.67. The lowest BCUT2D eigenvalue weighted by Crippen LogP contribution is -2.52. The molecule has 3 fully saturated rings. The minimum atomic E-state index is -0.459. The highest BCUT2D eigenvalue weighted by atomic mass is 16.3. The SMILES string of the molecule is CC[C@]1(O)CC[C@@]2(C)C(=CC[C@H]3[C@@H]4CC[C@H](CCC[C@@H](O)c5ccccn5)[C@@]4(C)CC[C@@H]32)C1. The van der Waals surface area contributed by atoms with E-state index < -0.39 is 11.7 Å². The standard InChI is InChI=1S/C30H45NO2/c1-4-30(33)18-17-29(3)22(20-30)11-13-23-24-14-12-21(28(24,2)16-15-25(23)29)8-7-10-27(32)26-9-5-6-19-31-26/h5-6,9,11,19,21,23-25,27,32-33H,4,7-8,10,12-18,20H2,1-3H3/t21-,23-,24-,25-,27+,28+,29-,30-/m0/s1. The third-order valence-corrected chi connectivity index (χ3v) is 11.2. The fourth-order valence-electron chi connectivity index (χ4n) is 8.88. The Labute approximate surface area is 201 Å². The van der Waals surface area contributed by atoms with Crippen LogP contribution in [0.25, 0.3) is 0 Å². The molecule has 3 heteroatoms. The molecular weight excluding hydrogens is 406 g/mol. The highest BCUT2D eigenvalue weighted by molar-refractivity contribution is 5.27. The number of allylic oxidation sites excluding steroid dienone is 1. The molecule has 0 bridgehead atoms. The van der Waals surface area contributed by atoms with Crippen molar-refractivity contribution in [2.24, 2.45) is 34.5 Å². The smallest absolute Gasteiger partial charge is 0.0959 e. The van der Waals surface area contributed by atoms with Crippen LogP contribution in [0.15, 0.2) is 36.0 Å². The van der Waals surface area contributed by atoms with Crippen LogP contribution in [0.5, 0.6) is 0 Å². The van der Waals surface area contributed by atoms with Crippen molar-refractivity contribution >= 4 is 0 Å². The van der Waals surface area contributed by atoms with E-state index in [0.717, 1.165) is 61.5 Å². The summed E-state index contributed by atoms with van der Waals surface area (Å²) in [5.74, 6) is 3.29. The van der Waals surface area contributed by atoms with Crippen molar-refractivity contribution in [1.82, 2.24) is 4.98 Å². The predicted octanol–water partition coefficient (Wildman–Crippen LogP) is 7.01. The van der Waals surface area contributed by atoms with E-state index in [-0.39, 0.29) is 0 Å². The number of nitrogens with zero attached hydrogens (tertiary/aromatic N) is 1. The Hall–Kier alpha value is -1.19. The molecule has 0 amide bonds. The minimum absolute atomic E-state index is 0.316. The maximum atomic E-state index is 11.0. The lowest BCUT2D eigenvalue weighted by atomic mass is 9.46. The van der Waals surface area contributed by atoms with Crippen LogP contribution < -0.4 is 0 Å². The number of pyridine rings is 1. The van der Waals surface area contributed by atoms with Crippen LogP contribution in [0.1, 0.15) is 110 Å². The normalized spacial score (nSPS) is 43.2. The molecule has 33 heavy (non-hydrogen) atoms. The first-order chi connectivity index (χ1) is 15.8. The Kier molecular flexibility index (Phi) is 6.27. The van der Waals surface area contributed by atoms with E-state index >= 15 is 0 Å². The van der Waals surface area contributed by atoms with Crippen molar-refractivity contribution in [3.63, 3.8) is 0 Å². The van der Waals surface area contributed by atoms with Gasteiger partial charge in [-0.1, -0.05) is 44.9 Å². The van der Waals surface area contributed by atoms with Crippen LogP contribution in [0.4, 0.5) is 0 Å². The summed E-state index contributed by atoms with van der Waals surface area (Å²) in [4.78, 5) is 4.34. The molecule has 3 saturated carbocycles. The molecule has 0 aromatic carbocycles. The molecule has 1 aromatic heterocycles. The maximum absolute atomic E-state index is 11.0. The summed E-state index contributed by atoms with van der Waals surface area (Å²) in [6.07, 6.45) is 17.7. The van der Waals surface area contributed by atoms with Gasteiger partial charge in [0.05, 0.1) is 17.4 Å². The molecule has 0 radical (unpaired) electrons. The zero-order valence-corrected chi connectivity index (χ0v) is 21.1. The van der Waals surface area contributed by atoms with Crippen LogP contribution in [0, 0.1) is 34.5 Å². The number of hydrogen-bond donors (Lipinski definition) is 2. The Morgan fingerprint density at radius 1 is 1.09 bits per heavy atom. The molecule has 0 aliphatic heterocycles. The van der Waals surface area contributed by atoms with Crippen molar-refractivity contribution in [2.75, 3.05) is 0 Å². The van der Waals surface area contributed by atoms with Gasteiger partial charge in [-0.25, -0.2) is 0 Å². The first kappa shape index (κ1) is 23.5. The lowest BCUT2D eigenvalue weighted by Gasteiger charge is -2.59. The summed E-state index contributed by atoms with van der Waals surface area (Å²) in [7, 11) is 0. The number of hydrogen-bond acceptors (Lipinski definition) is 3. The molecule has 0 spiro atoms. The average Bonchev–Trinajstić information content (AvgIpc) is 3.16. The number of rotatable bonds is 6. The van der Waals surface area contributed by atoms with E-state index in [4.69, 9.17) is 0 Å². The molecular formula is C30H45NO2. The lowest BCUT2D eigenvalue weighted by molar-refractivity contribution is -0.0718. The first-order valence-corrected chi connectivity index (χ1v) is 13.8. The van der Waals surface area contributed by atoms with E-state index in [1.807, 2.05) is 18.2 Å². The molecule has 3 nitrogen and oxygen atoms in total. The van der Waals surface area contributed by atoms with Crippen LogP contribution in [0.2, 0.25) is 0 Å². The van der Waals surface area contributed by atoms with Crippen LogP contribution >= 0.6 is 0 Å². The molecule has 1 aromatic rings. The number of aliphatic hydroxyl groups is 2. The van der Waals surface area contributed by atoms with Crippen molar-refractivity contribution in [3.05, 3.63) is 41.7 Å². The summed E-state index contributed by atoms with van der Waals surface area (Å²) in [5.41, 5.74) is 2.73. The number of fused-ring (bicyclic) bond motifs is 5. The molecule has 4 aliphatic rings. The largest absolute Gasteiger partial charge is 0.390 e. The molecule has 4 aliphatic carbocycles. The first-order valence-electron chi connectivity index (χ1n) is 13.8. The van der Waals surface area contributed by atoms with Crippen molar-refractivity contribution < 1.29 is 10.2 Å². The topological polar surface area (TPSA) is 53.4 Å². The van der Waals surface area contributed by atoms with Crippen LogP contribution in [0.3, 0.4) is 0 Å². The van der Waals surface area contributed by atoms with Crippen molar-refractivity contribution in [2.45, 2.75) is 110 Å².